The molecule has 0 unspecified atom stereocenters. The summed E-state index contributed by atoms with van der Waals surface area (Å²) in [4.78, 5) is 23.4. The van der Waals surface area contributed by atoms with Crippen molar-refractivity contribution >= 4 is 17.3 Å². The van der Waals surface area contributed by atoms with Gasteiger partial charge in [0.25, 0.3) is 11.6 Å². The number of methoxy groups -OCH3 is 1. The summed E-state index contributed by atoms with van der Waals surface area (Å²) < 4.78 is 21.4. The predicted octanol–water partition coefficient (Wildman–Crippen LogP) is 3.03. The monoisotopic (exact) mass is 374 g/mol. The Labute approximate surface area is 154 Å². The number of hydrogen-bond acceptors (Lipinski definition) is 7. The quantitative estimate of drug-likeness (QED) is 0.611. The summed E-state index contributed by atoms with van der Waals surface area (Å²) >= 11 is 0. The number of ether oxygens (including phenoxy) is 4. The Bertz CT molecular complexity index is 882. The number of carbonyl (C=O) groups is 1. The lowest BCUT2D eigenvalue weighted by atomic mass is 10.1. The van der Waals surface area contributed by atoms with Crippen molar-refractivity contribution in [2.24, 2.45) is 0 Å². The van der Waals surface area contributed by atoms with Gasteiger partial charge in [-0.1, -0.05) is 0 Å². The van der Waals surface area contributed by atoms with Crippen LogP contribution in [0.3, 0.4) is 0 Å². The number of fused-ring (bicyclic) bond motifs is 1. The molecule has 9 heteroatoms. The van der Waals surface area contributed by atoms with Gasteiger partial charge < -0.3 is 24.3 Å². The fourth-order valence-corrected chi connectivity index (χ4v) is 2.63. The van der Waals surface area contributed by atoms with Gasteiger partial charge in [0.1, 0.15) is 18.8 Å². The number of carbonyl (C=O) groups excluding carboxylic acids is 1. The van der Waals surface area contributed by atoms with Crippen LogP contribution in [0.15, 0.2) is 30.3 Å². The van der Waals surface area contributed by atoms with Crippen molar-refractivity contribution in [3.8, 4) is 23.0 Å². The van der Waals surface area contributed by atoms with E-state index in [4.69, 9.17) is 18.9 Å². The molecule has 0 saturated heterocycles. The van der Waals surface area contributed by atoms with Crippen molar-refractivity contribution in [3.05, 3.63) is 46.0 Å². The van der Waals surface area contributed by atoms with Gasteiger partial charge in [-0.05, 0) is 19.1 Å². The summed E-state index contributed by atoms with van der Waals surface area (Å²) in [6, 6.07) is 7.37. The first-order valence-corrected chi connectivity index (χ1v) is 8.23. The maximum atomic E-state index is 12.7. The van der Waals surface area contributed by atoms with E-state index in [2.05, 4.69) is 5.32 Å². The fourth-order valence-electron chi connectivity index (χ4n) is 2.63. The molecule has 1 heterocycles. The highest BCUT2D eigenvalue weighted by atomic mass is 16.6. The van der Waals surface area contributed by atoms with Crippen LogP contribution in [0.1, 0.15) is 17.3 Å². The van der Waals surface area contributed by atoms with Crippen LogP contribution < -0.4 is 24.3 Å². The highest BCUT2D eigenvalue weighted by molar-refractivity contribution is 6.07. The summed E-state index contributed by atoms with van der Waals surface area (Å²) in [7, 11) is 1.37. The van der Waals surface area contributed by atoms with Gasteiger partial charge in [-0.2, -0.15) is 0 Å². The molecule has 1 aliphatic rings. The van der Waals surface area contributed by atoms with Crippen LogP contribution in [0.5, 0.6) is 23.0 Å². The molecule has 1 N–H and O–H groups in total. The van der Waals surface area contributed by atoms with Gasteiger partial charge in [0, 0.05) is 17.8 Å². The van der Waals surface area contributed by atoms with E-state index in [1.54, 1.807) is 25.1 Å². The Hall–Kier alpha value is -3.49. The van der Waals surface area contributed by atoms with E-state index in [1.165, 1.54) is 19.2 Å². The number of nitro benzene ring substituents is 1. The van der Waals surface area contributed by atoms with Crippen molar-refractivity contribution in [1.29, 1.82) is 0 Å². The van der Waals surface area contributed by atoms with Crippen LogP contribution in [0.2, 0.25) is 0 Å². The third-order valence-corrected chi connectivity index (χ3v) is 3.82. The van der Waals surface area contributed by atoms with E-state index >= 15 is 0 Å². The van der Waals surface area contributed by atoms with Crippen LogP contribution in [-0.2, 0) is 0 Å². The third-order valence-electron chi connectivity index (χ3n) is 3.82. The molecule has 9 nitrogen and oxygen atoms in total. The second-order valence-corrected chi connectivity index (χ2v) is 5.52. The van der Waals surface area contributed by atoms with Crippen molar-refractivity contribution in [3.63, 3.8) is 0 Å². The van der Waals surface area contributed by atoms with Crippen LogP contribution in [-0.4, -0.2) is 37.8 Å². The molecule has 142 valence electrons. The minimum atomic E-state index is -0.651. The van der Waals surface area contributed by atoms with Gasteiger partial charge in [-0.3, -0.25) is 14.9 Å². The first-order valence-electron chi connectivity index (χ1n) is 8.23. The number of amides is 1. The zero-order valence-electron chi connectivity index (χ0n) is 14.8. The molecule has 1 amide bonds. The first kappa shape index (κ1) is 18.3. The number of nitrogens with one attached hydrogen (secondary N) is 1. The number of rotatable bonds is 6. The number of nitrogens with zero attached hydrogens (tertiary/aromatic N) is 1. The molecular formula is C18H18N2O7. The second kappa shape index (κ2) is 7.81. The molecule has 0 spiro atoms. The lowest BCUT2D eigenvalue weighted by Crippen LogP contribution is -2.17. The highest BCUT2D eigenvalue weighted by Crippen LogP contribution is 2.36. The molecule has 27 heavy (non-hydrogen) atoms. The Morgan fingerprint density at radius 1 is 1.19 bits per heavy atom. The molecular weight excluding hydrogens is 356 g/mol. The van der Waals surface area contributed by atoms with E-state index in [-0.39, 0.29) is 22.7 Å². The van der Waals surface area contributed by atoms with Gasteiger partial charge in [-0.25, -0.2) is 0 Å². The van der Waals surface area contributed by atoms with Gasteiger partial charge in [0.2, 0.25) is 0 Å². The topological polar surface area (TPSA) is 109 Å². The van der Waals surface area contributed by atoms with E-state index < -0.39 is 10.8 Å². The van der Waals surface area contributed by atoms with E-state index in [9.17, 15) is 14.9 Å². The van der Waals surface area contributed by atoms with Gasteiger partial charge in [0.05, 0.1) is 24.7 Å². The lowest BCUT2D eigenvalue weighted by Gasteiger charge is -2.19. The zero-order valence-corrected chi connectivity index (χ0v) is 14.8. The number of nitro groups is 1. The Morgan fingerprint density at radius 3 is 2.59 bits per heavy atom. The van der Waals surface area contributed by atoms with E-state index in [1.807, 2.05) is 0 Å². The van der Waals surface area contributed by atoms with Gasteiger partial charge >= 0.3 is 0 Å². The molecule has 1 aliphatic heterocycles. The summed E-state index contributed by atoms with van der Waals surface area (Å²) in [5.41, 5.74) is -0.100. The van der Waals surface area contributed by atoms with Crippen molar-refractivity contribution in [2.45, 2.75) is 6.92 Å². The maximum absolute atomic E-state index is 12.7. The molecule has 0 aliphatic carbocycles. The summed E-state index contributed by atoms with van der Waals surface area (Å²) in [5, 5.41) is 14.0. The Balaban J connectivity index is 1.93. The number of benzene rings is 2. The number of hydrogen-bond donors (Lipinski definition) is 1. The summed E-state index contributed by atoms with van der Waals surface area (Å²) in [5.74, 6) is 0.853. The molecule has 0 radical (unpaired) electrons. The molecule has 2 aromatic rings. The minimum Gasteiger partial charge on any atom is -0.493 e. The minimum absolute atomic E-state index is 0.140. The van der Waals surface area contributed by atoms with Crippen molar-refractivity contribution in [1.82, 2.24) is 0 Å². The fraction of sp³-hybridized carbons (Fsp3) is 0.278. The van der Waals surface area contributed by atoms with Gasteiger partial charge in [-0.15, -0.1) is 0 Å². The van der Waals surface area contributed by atoms with Crippen molar-refractivity contribution < 1.29 is 28.7 Å². The lowest BCUT2D eigenvalue weighted by molar-refractivity contribution is -0.385. The highest BCUT2D eigenvalue weighted by Gasteiger charge is 2.25. The Kier molecular flexibility index (Phi) is 5.30. The smallest absolute Gasteiger partial charge is 0.286 e. The normalized spacial score (nSPS) is 12.2. The molecule has 0 fully saturated rings. The molecule has 3 rings (SSSR count). The summed E-state index contributed by atoms with van der Waals surface area (Å²) in [6.45, 7) is 2.94. The first-order chi connectivity index (χ1) is 13.0. The average Bonchev–Trinajstić information content (AvgIpc) is 2.67. The number of anilines is 1. The third kappa shape index (κ3) is 3.86. The second-order valence-electron chi connectivity index (χ2n) is 5.52. The standard InChI is InChI=1S/C18H18N2O7/c1-3-25-17-9-12(13(20(22)23)10-15(17)24-2)18(21)19-11-4-5-14-16(8-11)27-7-6-26-14/h4-5,8-10H,3,6-7H2,1-2H3,(H,19,21). The molecule has 0 atom stereocenters. The molecule has 2 aromatic carbocycles. The predicted molar refractivity (Wildman–Crippen MR) is 96.2 cm³/mol. The maximum Gasteiger partial charge on any atom is 0.286 e. The average molecular weight is 374 g/mol. The molecule has 0 aromatic heterocycles. The van der Waals surface area contributed by atoms with E-state index in [0.717, 1.165) is 0 Å². The molecule has 0 bridgehead atoms. The van der Waals surface area contributed by atoms with Crippen LogP contribution in [0.25, 0.3) is 0 Å². The van der Waals surface area contributed by atoms with Gasteiger partial charge in [0.15, 0.2) is 23.0 Å². The van der Waals surface area contributed by atoms with Crippen molar-refractivity contribution in [2.75, 3.05) is 32.2 Å². The molecule has 0 saturated carbocycles. The van der Waals surface area contributed by atoms with Crippen LogP contribution in [0, 0.1) is 10.1 Å². The largest absolute Gasteiger partial charge is 0.493 e. The Morgan fingerprint density at radius 2 is 1.93 bits per heavy atom. The zero-order chi connectivity index (χ0) is 19.4. The SMILES string of the molecule is CCOc1cc(C(=O)Nc2ccc3c(c2)OCCO3)c([N+](=O)[O-])cc1OC. The van der Waals surface area contributed by atoms with Crippen LogP contribution >= 0.6 is 0 Å². The van der Waals surface area contributed by atoms with Crippen LogP contribution in [0.4, 0.5) is 11.4 Å². The van der Waals surface area contributed by atoms with E-state index in [0.29, 0.717) is 37.0 Å². The summed E-state index contributed by atoms with van der Waals surface area (Å²) in [6.07, 6.45) is 0.